The van der Waals surface area contributed by atoms with Crippen molar-refractivity contribution in [3.05, 3.63) is 48.0 Å². The van der Waals surface area contributed by atoms with E-state index in [1.807, 2.05) is 37.3 Å². The number of methoxy groups -OCH3 is 2. The molecule has 8 heteroatoms. The minimum atomic E-state index is -0.291. The predicted molar refractivity (Wildman–Crippen MR) is 119 cm³/mol. The van der Waals surface area contributed by atoms with Gasteiger partial charge in [-0.3, -0.25) is 4.90 Å². The van der Waals surface area contributed by atoms with Crippen molar-refractivity contribution < 1.29 is 23.7 Å². The molecule has 1 atom stereocenters. The molecule has 1 unspecified atom stereocenters. The van der Waals surface area contributed by atoms with E-state index in [2.05, 4.69) is 15.5 Å². The van der Waals surface area contributed by atoms with Crippen LogP contribution in [0.25, 0.3) is 0 Å². The predicted octanol–water partition coefficient (Wildman–Crippen LogP) is 3.30. The highest BCUT2D eigenvalue weighted by Crippen LogP contribution is 2.32. The number of urea groups is 1. The van der Waals surface area contributed by atoms with Gasteiger partial charge in [-0.15, -0.1) is 0 Å². The average molecular weight is 430 g/mol. The second-order valence-corrected chi connectivity index (χ2v) is 7.04. The van der Waals surface area contributed by atoms with Gasteiger partial charge < -0.3 is 29.6 Å². The van der Waals surface area contributed by atoms with E-state index in [-0.39, 0.29) is 12.1 Å². The lowest BCUT2D eigenvalue weighted by Crippen LogP contribution is -2.44. The van der Waals surface area contributed by atoms with Gasteiger partial charge in [0.1, 0.15) is 5.75 Å². The van der Waals surface area contributed by atoms with Crippen molar-refractivity contribution in [2.45, 2.75) is 13.0 Å². The molecule has 1 heterocycles. The first kappa shape index (κ1) is 22.7. The van der Waals surface area contributed by atoms with Gasteiger partial charge in [-0.2, -0.15) is 0 Å². The summed E-state index contributed by atoms with van der Waals surface area (Å²) in [5, 5.41) is 5.85. The zero-order valence-electron chi connectivity index (χ0n) is 18.3. The number of anilines is 1. The van der Waals surface area contributed by atoms with Crippen LogP contribution < -0.4 is 24.8 Å². The summed E-state index contributed by atoms with van der Waals surface area (Å²) in [7, 11) is 3.20. The van der Waals surface area contributed by atoms with E-state index in [0.717, 1.165) is 18.7 Å². The first-order valence-electron chi connectivity index (χ1n) is 10.5. The van der Waals surface area contributed by atoms with Crippen LogP contribution in [0, 0.1) is 0 Å². The molecular weight excluding hydrogens is 398 g/mol. The standard InChI is InChI=1S/C23H31N3O5/c1-4-31-21-10-9-17(15-22(21)29-3)19(26-11-13-30-14-12-26)16-24-23(27)25-18-7-5-6-8-20(18)28-2/h5-10,15,19H,4,11-14,16H2,1-3H3,(H2,24,25,27). The van der Waals surface area contributed by atoms with Crippen LogP contribution in [0.5, 0.6) is 17.2 Å². The number of rotatable bonds is 9. The number of carbonyl (C=O) groups is 1. The van der Waals surface area contributed by atoms with E-state index >= 15 is 0 Å². The number of amides is 2. The van der Waals surface area contributed by atoms with Crippen molar-refractivity contribution in [1.29, 1.82) is 0 Å². The summed E-state index contributed by atoms with van der Waals surface area (Å²) in [5.74, 6) is 1.99. The van der Waals surface area contributed by atoms with Gasteiger partial charge in [0.25, 0.3) is 0 Å². The molecule has 1 saturated heterocycles. The van der Waals surface area contributed by atoms with E-state index in [1.54, 1.807) is 26.4 Å². The SMILES string of the molecule is CCOc1ccc(C(CNC(=O)Nc2ccccc2OC)N2CCOCC2)cc1OC. The monoisotopic (exact) mass is 429 g/mol. The Morgan fingerprint density at radius 2 is 1.81 bits per heavy atom. The fourth-order valence-electron chi connectivity index (χ4n) is 3.62. The van der Waals surface area contributed by atoms with E-state index in [1.165, 1.54) is 0 Å². The summed E-state index contributed by atoms with van der Waals surface area (Å²) in [6.45, 7) is 5.84. The third-order valence-corrected chi connectivity index (χ3v) is 5.17. The number of ether oxygens (including phenoxy) is 4. The Morgan fingerprint density at radius 1 is 1.06 bits per heavy atom. The maximum Gasteiger partial charge on any atom is 0.319 e. The molecule has 168 valence electrons. The topological polar surface area (TPSA) is 81.3 Å². The Labute approximate surface area is 183 Å². The first-order chi connectivity index (χ1) is 15.2. The van der Waals surface area contributed by atoms with Gasteiger partial charge in [0.05, 0.1) is 45.8 Å². The van der Waals surface area contributed by atoms with Crippen LogP contribution >= 0.6 is 0 Å². The van der Waals surface area contributed by atoms with E-state index in [4.69, 9.17) is 18.9 Å². The molecule has 1 aliphatic heterocycles. The van der Waals surface area contributed by atoms with Crippen LogP contribution in [-0.4, -0.2) is 64.6 Å². The van der Waals surface area contributed by atoms with E-state index in [9.17, 15) is 4.79 Å². The van der Waals surface area contributed by atoms with Crippen LogP contribution in [0.3, 0.4) is 0 Å². The number of para-hydroxylation sites is 2. The Hall–Kier alpha value is -2.97. The van der Waals surface area contributed by atoms with E-state index < -0.39 is 0 Å². The Bertz CT molecular complexity index is 855. The summed E-state index contributed by atoms with van der Waals surface area (Å²) >= 11 is 0. The molecule has 3 rings (SSSR count). The molecule has 1 fully saturated rings. The lowest BCUT2D eigenvalue weighted by atomic mass is 10.0. The number of nitrogens with one attached hydrogen (secondary N) is 2. The number of morpholine rings is 1. The minimum Gasteiger partial charge on any atom is -0.495 e. The number of hydrogen-bond donors (Lipinski definition) is 2. The van der Waals surface area contributed by atoms with Crippen LogP contribution in [0.15, 0.2) is 42.5 Å². The molecule has 2 aromatic carbocycles. The number of benzene rings is 2. The van der Waals surface area contributed by atoms with Crippen molar-refractivity contribution in [3.8, 4) is 17.2 Å². The molecule has 2 amide bonds. The molecule has 31 heavy (non-hydrogen) atoms. The first-order valence-corrected chi connectivity index (χ1v) is 10.5. The highest BCUT2D eigenvalue weighted by molar-refractivity contribution is 5.90. The molecule has 2 aromatic rings. The molecule has 0 spiro atoms. The summed E-state index contributed by atoms with van der Waals surface area (Å²) in [6, 6.07) is 12.9. The van der Waals surface area contributed by atoms with Crippen molar-refractivity contribution in [2.75, 3.05) is 59.0 Å². The second kappa shape index (κ2) is 11.4. The molecule has 2 N–H and O–H groups in total. The normalized spacial score (nSPS) is 15.1. The van der Waals surface area contributed by atoms with Gasteiger partial charge in [-0.05, 0) is 36.8 Å². The number of nitrogens with zero attached hydrogens (tertiary/aromatic N) is 1. The average Bonchev–Trinajstić information content (AvgIpc) is 2.81. The van der Waals surface area contributed by atoms with Crippen molar-refractivity contribution in [2.24, 2.45) is 0 Å². The fraction of sp³-hybridized carbons (Fsp3) is 0.435. The number of hydrogen-bond acceptors (Lipinski definition) is 6. The highest BCUT2D eigenvalue weighted by Gasteiger charge is 2.24. The molecular formula is C23H31N3O5. The van der Waals surface area contributed by atoms with Crippen LogP contribution in [0.4, 0.5) is 10.5 Å². The maximum atomic E-state index is 12.6. The molecule has 0 saturated carbocycles. The Balaban J connectivity index is 1.74. The smallest absolute Gasteiger partial charge is 0.319 e. The maximum absolute atomic E-state index is 12.6. The lowest BCUT2D eigenvalue weighted by molar-refractivity contribution is 0.0167. The summed E-state index contributed by atoms with van der Waals surface area (Å²) < 4.78 is 22.0. The molecule has 0 bridgehead atoms. The van der Waals surface area contributed by atoms with E-state index in [0.29, 0.717) is 49.3 Å². The van der Waals surface area contributed by atoms with Crippen molar-refractivity contribution in [1.82, 2.24) is 10.2 Å². The largest absolute Gasteiger partial charge is 0.495 e. The zero-order valence-corrected chi connectivity index (χ0v) is 18.3. The molecule has 0 radical (unpaired) electrons. The summed E-state index contributed by atoms with van der Waals surface area (Å²) in [6.07, 6.45) is 0. The quantitative estimate of drug-likeness (QED) is 0.637. The van der Waals surface area contributed by atoms with Gasteiger partial charge in [-0.25, -0.2) is 4.79 Å². The van der Waals surface area contributed by atoms with Gasteiger partial charge >= 0.3 is 6.03 Å². The van der Waals surface area contributed by atoms with Gasteiger partial charge in [0.15, 0.2) is 11.5 Å². The lowest BCUT2D eigenvalue weighted by Gasteiger charge is -2.35. The van der Waals surface area contributed by atoms with Gasteiger partial charge in [0, 0.05) is 19.6 Å². The third-order valence-electron chi connectivity index (χ3n) is 5.17. The zero-order chi connectivity index (χ0) is 22.1. The highest BCUT2D eigenvalue weighted by atomic mass is 16.5. The Morgan fingerprint density at radius 3 is 2.52 bits per heavy atom. The summed E-state index contributed by atoms with van der Waals surface area (Å²) in [5.41, 5.74) is 1.66. The minimum absolute atomic E-state index is 0.0307. The summed E-state index contributed by atoms with van der Waals surface area (Å²) in [4.78, 5) is 14.9. The third kappa shape index (κ3) is 6.02. The second-order valence-electron chi connectivity index (χ2n) is 7.04. The van der Waals surface area contributed by atoms with Crippen molar-refractivity contribution in [3.63, 3.8) is 0 Å². The van der Waals surface area contributed by atoms with Crippen LogP contribution in [-0.2, 0) is 4.74 Å². The van der Waals surface area contributed by atoms with Crippen molar-refractivity contribution >= 4 is 11.7 Å². The van der Waals surface area contributed by atoms with Crippen LogP contribution in [0.1, 0.15) is 18.5 Å². The van der Waals surface area contributed by atoms with Crippen LogP contribution in [0.2, 0.25) is 0 Å². The molecule has 1 aliphatic rings. The Kier molecular flexibility index (Phi) is 8.37. The molecule has 8 nitrogen and oxygen atoms in total. The van der Waals surface area contributed by atoms with Gasteiger partial charge in [0.2, 0.25) is 0 Å². The van der Waals surface area contributed by atoms with Gasteiger partial charge in [-0.1, -0.05) is 18.2 Å². The molecule has 0 aromatic heterocycles. The molecule has 0 aliphatic carbocycles. The number of carbonyl (C=O) groups excluding carboxylic acids is 1. The fourth-order valence-corrected chi connectivity index (χ4v) is 3.62.